The fourth-order valence-electron chi connectivity index (χ4n) is 5.14. The van der Waals surface area contributed by atoms with Gasteiger partial charge in [0.1, 0.15) is 11.6 Å². The average molecular weight is 444 g/mol. The number of benzene rings is 3. The molecule has 3 aromatic rings. The van der Waals surface area contributed by atoms with Crippen LogP contribution in [0, 0.1) is 40.9 Å². The molecule has 6 heteroatoms. The summed E-state index contributed by atoms with van der Waals surface area (Å²) < 4.78 is 76.2. The minimum Gasteiger partial charge on any atom is -0.373 e. The molecule has 3 unspecified atom stereocenters. The van der Waals surface area contributed by atoms with E-state index in [1.165, 1.54) is 18.2 Å². The first-order chi connectivity index (χ1) is 15.4. The van der Waals surface area contributed by atoms with Crippen LogP contribution in [0.3, 0.4) is 0 Å². The summed E-state index contributed by atoms with van der Waals surface area (Å²) >= 11 is 0. The lowest BCUT2D eigenvalue weighted by Gasteiger charge is -2.30. The first-order valence-electron chi connectivity index (χ1n) is 10.8. The molecule has 32 heavy (non-hydrogen) atoms. The van der Waals surface area contributed by atoms with E-state index in [0.717, 1.165) is 48.6 Å². The molecule has 0 saturated carbocycles. The van der Waals surface area contributed by atoms with Crippen molar-refractivity contribution in [2.75, 3.05) is 6.61 Å². The summed E-state index contributed by atoms with van der Waals surface area (Å²) in [7, 11) is 0. The summed E-state index contributed by atoms with van der Waals surface area (Å²) in [6, 6.07) is 8.65. The molecule has 1 aliphatic carbocycles. The molecule has 1 nitrogen and oxygen atoms in total. The maximum absolute atomic E-state index is 15.1. The lowest BCUT2D eigenvalue weighted by molar-refractivity contribution is 0.0827. The molecule has 0 aromatic heterocycles. The van der Waals surface area contributed by atoms with E-state index in [9.17, 15) is 17.6 Å². The minimum atomic E-state index is -1.61. The molecule has 3 atom stereocenters. The third-order valence-electron chi connectivity index (χ3n) is 6.87. The molecule has 166 valence electrons. The van der Waals surface area contributed by atoms with Gasteiger partial charge >= 0.3 is 0 Å². The fraction of sp³-hybridized carbons (Fsp3) is 0.308. The first kappa shape index (κ1) is 21.1. The lowest BCUT2D eigenvalue weighted by atomic mass is 9.75. The van der Waals surface area contributed by atoms with Crippen molar-refractivity contribution in [1.82, 2.24) is 0 Å². The van der Waals surface area contributed by atoms with Crippen LogP contribution in [-0.4, -0.2) is 6.61 Å². The maximum atomic E-state index is 15.1. The van der Waals surface area contributed by atoms with E-state index >= 15 is 4.39 Å². The molecule has 0 amide bonds. The van der Waals surface area contributed by atoms with Crippen molar-refractivity contribution >= 4 is 0 Å². The fourth-order valence-corrected chi connectivity index (χ4v) is 5.14. The zero-order valence-corrected chi connectivity index (χ0v) is 17.4. The molecule has 0 bridgehead atoms. The van der Waals surface area contributed by atoms with Gasteiger partial charge < -0.3 is 4.74 Å². The van der Waals surface area contributed by atoms with Crippen LogP contribution in [0.25, 0.3) is 22.3 Å². The highest BCUT2D eigenvalue weighted by atomic mass is 19.2. The molecular formula is C26H21F5O. The van der Waals surface area contributed by atoms with Gasteiger partial charge in [-0.2, -0.15) is 0 Å². The average Bonchev–Trinajstić information content (AvgIpc) is 3.20. The Morgan fingerprint density at radius 1 is 0.812 bits per heavy atom. The Morgan fingerprint density at radius 3 is 2.19 bits per heavy atom. The molecular weight excluding hydrogens is 423 g/mol. The summed E-state index contributed by atoms with van der Waals surface area (Å²) in [5.74, 6) is -4.79. The molecule has 0 spiro atoms. The largest absolute Gasteiger partial charge is 0.373 e. The van der Waals surface area contributed by atoms with Crippen molar-refractivity contribution in [3.63, 3.8) is 0 Å². The molecule has 0 radical (unpaired) electrons. The van der Waals surface area contributed by atoms with Crippen molar-refractivity contribution in [1.29, 1.82) is 0 Å². The van der Waals surface area contributed by atoms with Crippen molar-refractivity contribution in [3.05, 3.63) is 82.7 Å². The number of hydrogen-bond donors (Lipinski definition) is 0. The van der Waals surface area contributed by atoms with Crippen molar-refractivity contribution < 1.29 is 26.7 Å². The van der Waals surface area contributed by atoms with Crippen molar-refractivity contribution in [2.45, 2.75) is 32.3 Å². The summed E-state index contributed by atoms with van der Waals surface area (Å²) in [6.45, 7) is 2.83. The summed E-state index contributed by atoms with van der Waals surface area (Å²) in [6.07, 6.45) is 2.70. The zero-order chi connectivity index (χ0) is 22.6. The normalized spacial score (nSPS) is 22.0. The predicted molar refractivity (Wildman–Crippen MR) is 111 cm³/mol. The lowest BCUT2D eigenvalue weighted by Crippen LogP contribution is -2.21. The molecule has 1 saturated heterocycles. The second-order valence-corrected chi connectivity index (χ2v) is 8.60. The minimum absolute atomic E-state index is 0.0993. The van der Waals surface area contributed by atoms with Gasteiger partial charge in [-0.15, -0.1) is 0 Å². The highest BCUT2D eigenvalue weighted by molar-refractivity contribution is 5.72. The molecule has 5 rings (SSSR count). The number of fused-ring (bicyclic) bond motifs is 3. The van der Waals surface area contributed by atoms with Crippen LogP contribution in [0.2, 0.25) is 0 Å². The Morgan fingerprint density at radius 2 is 1.50 bits per heavy atom. The van der Waals surface area contributed by atoms with E-state index in [2.05, 4.69) is 6.92 Å². The van der Waals surface area contributed by atoms with Gasteiger partial charge in [-0.05, 0) is 77.3 Å². The van der Waals surface area contributed by atoms with Crippen LogP contribution in [0.15, 0.2) is 42.5 Å². The van der Waals surface area contributed by atoms with Crippen LogP contribution in [0.4, 0.5) is 22.0 Å². The number of ether oxygens (including phenoxy) is 1. The van der Waals surface area contributed by atoms with Crippen LogP contribution in [-0.2, 0) is 11.2 Å². The second kappa shape index (κ2) is 8.00. The van der Waals surface area contributed by atoms with E-state index in [1.54, 1.807) is 6.07 Å². The number of aryl methyl sites for hydroxylation is 1. The third kappa shape index (κ3) is 3.41. The van der Waals surface area contributed by atoms with E-state index < -0.39 is 29.1 Å². The standard InChI is InChI=1S/C26H21F5O/c1-2-13-12-32-26-18(13)6-4-14-7-19(22(28)11-20(14)26)15-3-5-17(21(27)8-15)16-9-23(29)25(31)24(30)10-16/h3,5,7-11,13,18,26H,2,4,6,12H2,1H3. The van der Waals surface area contributed by atoms with Crippen LogP contribution in [0.1, 0.15) is 37.0 Å². The first-order valence-corrected chi connectivity index (χ1v) is 10.8. The third-order valence-corrected chi connectivity index (χ3v) is 6.87. The quantitative estimate of drug-likeness (QED) is 0.303. The molecule has 1 heterocycles. The van der Waals surface area contributed by atoms with Gasteiger partial charge in [-0.1, -0.05) is 25.5 Å². The Labute approximate surface area is 182 Å². The second-order valence-electron chi connectivity index (χ2n) is 8.60. The van der Waals surface area contributed by atoms with Gasteiger partial charge in [0.2, 0.25) is 0 Å². The number of halogens is 5. The van der Waals surface area contributed by atoms with Gasteiger partial charge in [0.15, 0.2) is 17.5 Å². The summed E-state index contributed by atoms with van der Waals surface area (Å²) in [4.78, 5) is 0. The molecule has 1 fully saturated rings. The van der Waals surface area contributed by atoms with Crippen LogP contribution in [0.5, 0.6) is 0 Å². The predicted octanol–water partition coefficient (Wildman–Crippen LogP) is 7.38. The summed E-state index contributed by atoms with van der Waals surface area (Å²) in [5, 5.41) is 0. The zero-order valence-electron chi connectivity index (χ0n) is 17.4. The van der Waals surface area contributed by atoms with Gasteiger partial charge in [-0.3, -0.25) is 0 Å². The van der Waals surface area contributed by atoms with Gasteiger partial charge in [0.25, 0.3) is 0 Å². The summed E-state index contributed by atoms with van der Waals surface area (Å²) in [5.41, 5.74) is 2.20. The number of hydrogen-bond acceptors (Lipinski definition) is 1. The Hall–Kier alpha value is -2.73. The van der Waals surface area contributed by atoms with Crippen molar-refractivity contribution in [3.8, 4) is 22.3 Å². The molecule has 1 aliphatic heterocycles. The Bertz CT molecular complexity index is 1180. The van der Waals surface area contributed by atoms with E-state index in [-0.39, 0.29) is 22.8 Å². The number of rotatable bonds is 3. The topological polar surface area (TPSA) is 9.23 Å². The van der Waals surface area contributed by atoms with E-state index in [1.807, 2.05) is 0 Å². The van der Waals surface area contributed by atoms with Crippen molar-refractivity contribution in [2.24, 2.45) is 11.8 Å². The van der Waals surface area contributed by atoms with Crippen LogP contribution < -0.4 is 0 Å². The van der Waals surface area contributed by atoms with Gasteiger partial charge in [0.05, 0.1) is 12.7 Å². The monoisotopic (exact) mass is 444 g/mol. The molecule has 2 aliphatic rings. The highest BCUT2D eigenvalue weighted by Crippen LogP contribution is 2.48. The smallest absolute Gasteiger partial charge is 0.194 e. The van der Waals surface area contributed by atoms with Crippen LogP contribution >= 0.6 is 0 Å². The Balaban J connectivity index is 1.51. The SMILES string of the molecule is CCC1COC2c3cc(F)c(-c4ccc(-c5cc(F)c(F)c(F)c5)c(F)c4)cc3CCC12. The molecule has 0 N–H and O–H groups in total. The van der Waals surface area contributed by atoms with Gasteiger partial charge in [0, 0.05) is 11.1 Å². The molecule has 3 aromatic carbocycles. The Kier molecular flexibility index (Phi) is 5.28. The van der Waals surface area contributed by atoms with E-state index in [0.29, 0.717) is 24.0 Å². The van der Waals surface area contributed by atoms with E-state index in [4.69, 9.17) is 4.74 Å². The highest BCUT2D eigenvalue weighted by Gasteiger charge is 2.40. The maximum Gasteiger partial charge on any atom is 0.194 e. The van der Waals surface area contributed by atoms with Gasteiger partial charge in [-0.25, -0.2) is 22.0 Å².